The van der Waals surface area contributed by atoms with Crippen LogP contribution in [-0.2, 0) is 0 Å². The maximum absolute atomic E-state index is 6.11. The van der Waals surface area contributed by atoms with Gasteiger partial charge >= 0.3 is 0 Å². The maximum atomic E-state index is 6.11. The predicted molar refractivity (Wildman–Crippen MR) is 112 cm³/mol. The molecular weight excluding hydrogens is 374 g/mol. The molecule has 4 N–H and O–H groups in total. The van der Waals surface area contributed by atoms with Crippen molar-refractivity contribution in [3.63, 3.8) is 0 Å². The van der Waals surface area contributed by atoms with Crippen molar-refractivity contribution in [3.05, 3.63) is 77.9 Å². The van der Waals surface area contributed by atoms with E-state index in [1.807, 2.05) is 12.1 Å². The first-order valence-electron chi connectivity index (χ1n) is 8.30. The number of nitrogen functional groups attached to an aromatic ring is 2. The number of nitrogens with two attached hydrogens (primary N) is 2. The molecule has 1 aliphatic heterocycles. The van der Waals surface area contributed by atoms with Crippen LogP contribution in [0, 0.1) is 0 Å². The van der Waals surface area contributed by atoms with Crippen LogP contribution in [-0.4, -0.2) is 6.54 Å². The van der Waals surface area contributed by atoms with Crippen LogP contribution in [0.4, 0.5) is 17.1 Å². The van der Waals surface area contributed by atoms with Gasteiger partial charge in [-0.05, 0) is 47.9 Å². The molecule has 3 aromatic rings. The molecule has 0 aromatic heterocycles. The second kappa shape index (κ2) is 6.81. The van der Waals surface area contributed by atoms with Crippen molar-refractivity contribution in [1.82, 2.24) is 0 Å². The van der Waals surface area contributed by atoms with Gasteiger partial charge in [0.25, 0.3) is 0 Å². The Bertz CT molecular complexity index is 893. The molecule has 1 aliphatic rings. The molecule has 0 spiro atoms. The van der Waals surface area contributed by atoms with Gasteiger partial charge in [0.15, 0.2) is 0 Å². The van der Waals surface area contributed by atoms with Crippen LogP contribution in [0.1, 0.15) is 24.1 Å². The summed E-state index contributed by atoms with van der Waals surface area (Å²) in [7, 11) is 0. The molecule has 0 amide bonds. The lowest BCUT2D eigenvalue weighted by Gasteiger charge is -2.40. The fraction of sp³-hybridized carbons (Fsp3) is 0.143. The van der Waals surface area contributed by atoms with E-state index in [-0.39, 0.29) is 23.0 Å². The van der Waals surface area contributed by atoms with E-state index >= 15 is 0 Å². The molecular formula is C21H22BrN3. The fourth-order valence-corrected chi connectivity index (χ4v) is 3.72. The minimum Gasteiger partial charge on any atom is -0.399 e. The van der Waals surface area contributed by atoms with Crippen molar-refractivity contribution in [2.75, 3.05) is 22.9 Å². The van der Waals surface area contributed by atoms with Crippen molar-refractivity contribution < 1.29 is 0 Å². The lowest BCUT2D eigenvalue weighted by Crippen LogP contribution is -2.33. The van der Waals surface area contributed by atoms with E-state index in [2.05, 4.69) is 66.4 Å². The summed E-state index contributed by atoms with van der Waals surface area (Å²) < 4.78 is 0. The third kappa shape index (κ3) is 2.87. The summed E-state index contributed by atoms with van der Waals surface area (Å²) in [6.45, 7) is 3.07. The fourth-order valence-electron chi connectivity index (χ4n) is 3.72. The molecule has 3 nitrogen and oxygen atoms in total. The number of hydrogen-bond acceptors (Lipinski definition) is 3. The zero-order valence-electron chi connectivity index (χ0n) is 14.1. The first kappa shape index (κ1) is 17.4. The molecule has 4 rings (SSSR count). The highest BCUT2D eigenvalue weighted by Gasteiger charge is 2.31. The van der Waals surface area contributed by atoms with Crippen LogP contribution in [0.3, 0.4) is 0 Å². The molecule has 4 heteroatoms. The topological polar surface area (TPSA) is 55.3 Å². The summed E-state index contributed by atoms with van der Waals surface area (Å²) in [5.74, 6) is 0. The molecule has 1 atom stereocenters. The summed E-state index contributed by atoms with van der Waals surface area (Å²) in [5, 5.41) is 0. The second-order valence-electron chi connectivity index (χ2n) is 6.22. The highest BCUT2D eigenvalue weighted by Crippen LogP contribution is 2.48. The lowest BCUT2D eigenvalue weighted by atomic mass is 9.84. The third-order valence-electron chi connectivity index (χ3n) is 4.76. The molecule has 0 saturated heterocycles. The molecule has 0 radical (unpaired) electrons. The molecule has 0 aliphatic carbocycles. The second-order valence-corrected chi connectivity index (χ2v) is 6.22. The molecule has 1 unspecified atom stereocenters. The van der Waals surface area contributed by atoms with Crippen molar-refractivity contribution in [1.29, 1.82) is 0 Å². The average Bonchev–Trinajstić information content (AvgIpc) is 2.61. The first-order chi connectivity index (χ1) is 11.7. The number of rotatable bonds is 2. The molecule has 0 saturated carbocycles. The number of benzene rings is 3. The van der Waals surface area contributed by atoms with Crippen molar-refractivity contribution >= 4 is 34.0 Å². The van der Waals surface area contributed by atoms with E-state index < -0.39 is 0 Å². The summed E-state index contributed by atoms with van der Waals surface area (Å²) in [5.41, 5.74) is 19.9. The van der Waals surface area contributed by atoms with E-state index in [0.29, 0.717) is 0 Å². The normalized spacial score (nSPS) is 15.1. The molecule has 0 fully saturated rings. The van der Waals surface area contributed by atoms with Gasteiger partial charge in [-0.1, -0.05) is 42.5 Å². The van der Waals surface area contributed by atoms with Crippen LogP contribution in [0.15, 0.2) is 66.7 Å². The van der Waals surface area contributed by atoms with E-state index in [9.17, 15) is 0 Å². The lowest BCUT2D eigenvalue weighted by molar-refractivity contribution is 0.719. The predicted octanol–water partition coefficient (Wildman–Crippen LogP) is 5.03. The monoisotopic (exact) mass is 395 g/mol. The van der Waals surface area contributed by atoms with Gasteiger partial charge in [0.05, 0.1) is 6.04 Å². The third-order valence-corrected chi connectivity index (χ3v) is 4.76. The number of hydrogen-bond donors (Lipinski definition) is 2. The number of halogens is 1. The zero-order chi connectivity index (χ0) is 16.7. The average molecular weight is 396 g/mol. The summed E-state index contributed by atoms with van der Waals surface area (Å²) >= 11 is 0. The SMILES string of the molecule is Br.CCN1c2cc(N)ccc2-c2ccc(N)cc2C1c1ccccc1. The number of anilines is 3. The number of nitrogens with zero attached hydrogens (tertiary/aromatic N) is 1. The highest BCUT2D eigenvalue weighted by atomic mass is 79.9. The molecule has 3 aromatic carbocycles. The Morgan fingerprint density at radius 2 is 1.48 bits per heavy atom. The van der Waals surface area contributed by atoms with E-state index in [1.54, 1.807) is 0 Å². The Balaban J connectivity index is 0.00000182. The van der Waals surface area contributed by atoms with Crippen LogP contribution in [0.25, 0.3) is 11.1 Å². The van der Waals surface area contributed by atoms with Crippen LogP contribution < -0.4 is 16.4 Å². The summed E-state index contributed by atoms with van der Waals surface area (Å²) in [6, 6.07) is 23.1. The largest absolute Gasteiger partial charge is 0.399 e. The van der Waals surface area contributed by atoms with E-state index in [0.717, 1.165) is 17.9 Å². The molecule has 1 heterocycles. The standard InChI is InChI=1S/C21H21N3.BrH/c1-2-24-20-13-16(23)9-11-18(20)17-10-8-15(22)12-19(17)21(24)14-6-4-3-5-7-14;/h3-13,21H,2,22-23H2,1H3;1H. The first-order valence-corrected chi connectivity index (χ1v) is 8.30. The van der Waals surface area contributed by atoms with E-state index in [1.165, 1.54) is 27.9 Å². The van der Waals surface area contributed by atoms with Crippen LogP contribution in [0.2, 0.25) is 0 Å². The molecule has 25 heavy (non-hydrogen) atoms. The van der Waals surface area contributed by atoms with Crippen molar-refractivity contribution in [3.8, 4) is 11.1 Å². The Labute approximate surface area is 159 Å². The van der Waals surface area contributed by atoms with Gasteiger partial charge in [-0.15, -0.1) is 17.0 Å². The summed E-state index contributed by atoms with van der Waals surface area (Å²) in [6.07, 6.45) is 0. The van der Waals surface area contributed by atoms with Crippen molar-refractivity contribution in [2.24, 2.45) is 0 Å². The summed E-state index contributed by atoms with van der Waals surface area (Å²) in [4.78, 5) is 2.41. The Hall–Kier alpha value is -2.46. The molecule has 0 bridgehead atoms. The minimum atomic E-state index is 0. The van der Waals surface area contributed by atoms with E-state index in [4.69, 9.17) is 11.5 Å². The zero-order valence-corrected chi connectivity index (χ0v) is 15.9. The Morgan fingerprint density at radius 3 is 2.16 bits per heavy atom. The quantitative estimate of drug-likeness (QED) is 0.598. The molecule has 128 valence electrons. The van der Waals surface area contributed by atoms with Crippen LogP contribution in [0.5, 0.6) is 0 Å². The minimum absolute atomic E-state index is 0. The van der Waals surface area contributed by atoms with Gasteiger partial charge in [-0.2, -0.15) is 0 Å². The Kier molecular flexibility index (Phi) is 4.73. The van der Waals surface area contributed by atoms with Gasteiger partial charge in [-0.25, -0.2) is 0 Å². The Morgan fingerprint density at radius 1 is 0.840 bits per heavy atom. The highest BCUT2D eigenvalue weighted by molar-refractivity contribution is 8.93. The van der Waals surface area contributed by atoms with Gasteiger partial charge in [0.2, 0.25) is 0 Å². The van der Waals surface area contributed by atoms with Crippen LogP contribution >= 0.6 is 17.0 Å². The van der Waals surface area contributed by atoms with Crippen molar-refractivity contribution in [2.45, 2.75) is 13.0 Å². The van der Waals surface area contributed by atoms with Gasteiger partial charge in [0, 0.05) is 29.2 Å². The van der Waals surface area contributed by atoms with Gasteiger partial charge in [0.1, 0.15) is 0 Å². The van der Waals surface area contributed by atoms with Gasteiger partial charge in [-0.3, -0.25) is 0 Å². The maximum Gasteiger partial charge on any atom is 0.0802 e. The van der Waals surface area contributed by atoms with Gasteiger partial charge < -0.3 is 16.4 Å². The smallest absolute Gasteiger partial charge is 0.0802 e. The number of fused-ring (bicyclic) bond motifs is 3.